The SMILES string of the molecule is CCCCOC(=O)c1ccc(NN)nc1. The zero-order valence-corrected chi connectivity index (χ0v) is 8.69. The number of anilines is 1. The van der Waals surface area contributed by atoms with Crippen LogP contribution in [0, 0.1) is 0 Å². The largest absolute Gasteiger partial charge is 0.462 e. The van der Waals surface area contributed by atoms with E-state index in [1.165, 1.54) is 6.20 Å². The molecule has 1 aromatic heterocycles. The van der Waals surface area contributed by atoms with E-state index in [0.717, 1.165) is 12.8 Å². The van der Waals surface area contributed by atoms with Gasteiger partial charge in [0.25, 0.3) is 0 Å². The van der Waals surface area contributed by atoms with Crippen molar-refractivity contribution in [2.75, 3.05) is 12.0 Å². The Morgan fingerprint density at radius 1 is 1.60 bits per heavy atom. The Labute approximate surface area is 88.6 Å². The standard InChI is InChI=1S/C10H15N3O2/c1-2-3-6-15-10(14)8-4-5-9(13-11)12-7-8/h4-5,7H,2-3,6,11H2,1H3,(H,12,13). The van der Waals surface area contributed by atoms with Crippen molar-refractivity contribution in [2.24, 2.45) is 5.84 Å². The van der Waals surface area contributed by atoms with Gasteiger partial charge in [-0.15, -0.1) is 0 Å². The minimum atomic E-state index is -0.348. The van der Waals surface area contributed by atoms with E-state index in [1.54, 1.807) is 12.1 Å². The number of nitrogens with one attached hydrogen (secondary N) is 1. The molecule has 0 fully saturated rings. The van der Waals surface area contributed by atoms with Gasteiger partial charge in [-0.05, 0) is 18.6 Å². The number of hydrogen-bond acceptors (Lipinski definition) is 5. The van der Waals surface area contributed by atoms with Crippen LogP contribution in [0.3, 0.4) is 0 Å². The lowest BCUT2D eigenvalue weighted by atomic mass is 10.3. The fraction of sp³-hybridized carbons (Fsp3) is 0.400. The average Bonchev–Trinajstić information content (AvgIpc) is 2.29. The number of esters is 1. The van der Waals surface area contributed by atoms with E-state index < -0.39 is 0 Å². The molecule has 0 aromatic carbocycles. The predicted molar refractivity (Wildman–Crippen MR) is 57.2 cm³/mol. The molecular weight excluding hydrogens is 194 g/mol. The second-order valence-electron chi connectivity index (χ2n) is 3.07. The molecule has 5 heteroatoms. The van der Waals surface area contributed by atoms with Crippen LogP contribution in [0.4, 0.5) is 5.82 Å². The molecular formula is C10H15N3O2. The van der Waals surface area contributed by atoms with Crippen LogP contribution < -0.4 is 11.3 Å². The quantitative estimate of drug-likeness (QED) is 0.331. The number of aromatic nitrogens is 1. The number of nitrogens with zero attached hydrogens (tertiary/aromatic N) is 1. The van der Waals surface area contributed by atoms with Crippen molar-refractivity contribution < 1.29 is 9.53 Å². The minimum absolute atomic E-state index is 0.348. The Morgan fingerprint density at radius 3 is 2.93 bits per heavy atom. The topological polar surface area (TPSA) is 77.2 Å². The van der Waals surface area contributed by atoms with Gasteiger partial charge in [0.2, 0.25) is 0 Å². The smallest absolute Gasteiger partial charge is 0.339 e. The van der Waals surface area contributed by atoms with Crippen molar-refractivity contribution in [1.82, 2.24) is 4.98 Å². The van der Waals surface area contributed by atoms with E-state index in [2.05, 4.69) is 10.4 Å². The molecule has 5 nitrogen and oxygen atoms in total. The van der Waals surface area contributed by atoms with Crippen LogP contribution in [-0.4, -0.2) is 17.6 Å². The number of pyridine rings is 1. The van der Waals surface area contributed by atoms with Gasteiger partial charge in [0, 0.05) is 6.20 Å². The van der Waals surface area contributed by atoms with Crippen LogP contribution in [-0.2, 0) is 4.74 Å². The first-order valence-electron chi connectivity index (χ1n) is 4.87. The summed E-state index contributed by atoms with van der Waals surface area (Å²) in [6.07, 6.45) is 3.31. The predicted octanol–water partition coefficient (Wildman–Crippen LogP) is 1.32. The Morgan fingerprint density at radius 2 is 2.40 bits per heavy atom. The Hall–Kier alpha value is -1.62. The van der Waals surface area contributed by atoms with Crippen LogP contribution in [0.5, 0.6) is 0 Å². The zero-order chi connectivity index (χ0) is 11.1. The van der Waals surface area contributed by atoms with Gasteiger partial charge in [0.15, 0.2) is 0 Å². The molecule has 0 amide bonds. The summed E-state index contributed by atoms with van der Waals surface area (Å²) in [4.78, 5) is 15.3. The summed E-state index contributed by atoms with van der Waals surface area (Å²) < 4.78 is 5.01. The van der Waals surface area contributed by atoms with E-state index in [1.807, 2.05) is 6.92 Å². The highest BCUT2D eigenvalue weighted by Gasteiger charge is 2.06. The molecule has 1 heterocycles. The zero-order valence-electron chi connectivity index (χ0n) is 8.69. The van der Waals surface area contributed by atoms with E-state index in [4.69, 9.17) is 10.6 Å². The molecule has 0 saturated carbocycles. The molecule has 0 atom stereocenters. The third-order valence-corrected chi connectivity index (χ3v) is 1.88. The molecule has 0 bridgehead atoms. The van der Waals surface area contributed by atoms with Gasteiger partial charge in [0.05, 0.1) is 12.2 Å². The highest BCUT2D eigenvalue weighted by atomic mass is 16.5. The van der Waals surface area contributed by atoms with E-state index in [-0.39, 0.29) is 5.97 Å². The number of nitrogen functional groups attached to an aromatic ring is 1. The lowest BCUT2D eigenvalue weighted by molar-refractivity contribution is 0.0499. The van der Waals surface area contributed by atoms with Gasteiger partial charge in [0.1, 0.15) is 5.82 Å². The van der Waals surface area contributed by atoms with Crippen LogP contribution in [0.1, 0.15) is 30.1 Å². The summed E-state index contributed by atoms with van der Waals surface area (Å²) in [6, 6.07) is 3.24. The first-order chi connectivity index (χ1) is 7.27. The first-order valence-corrected chi connectivity index (χ1v) is 4.87. The molecule has 1 aromatic rings. The van der Waals surface area contributed by atoms with Crippen LogP contribution in [0.2, 0.25) is 0 Å². The fourth-order valence-electron chi connectivity index (χ4n) is 0.993. The molecule has 15 heavy (non-hydrogen) atoms. The molecule has 0 unspecified atom stereocenters. The van der Waals surface area contributed by atoms with Gasteiger partial charge < -0.3 is 10.2 Å². The van der Waals surface area contributed by atoms with Crippen LogP contribution in [0.15, 0.2) is 18.3 Å². The normalized spacial score (nSPS) is 9.73. The lowest BCUT2D eigenvalue weighted by Gasteiger charge is -2.04. The van der Waals surface area contributed by atoms with Crippen molar-refractivity contribution in [1.29, 1.82) is 0 Å². The molecule has 0 saturated heterocycles. The number of carbonyl (C=O) groups is 1. The highest BCUT2D eigenvalue weighted by Crippen LogP contribution is 2.05. The monoisotopic (exact) mass is 209 g/mol. The van der Waals surface area contributed by atoms with Crippen molar-refractivity contribution >= 4 is 11.8 Å². The highest BCUT2D eigenvalue weighted by molar-refractivity contribution is 5.89. The Kier molecular flexibility index (Phi) is 4.56. The van der Waals surface area contributed by atoms with E-state index in [9.17, 15) is 4.79 Å². The number of unbranched alkanes of at least 4 members (excludes halogenated alkanes) is 1. The summed E-state index contributed by atoms with van der Waals surface area (Å²) in [5, 5.41) is 0. The molecule has 0 spiro atoms. The number of nitrogens with two attached hydrogens (primary N) is 1. The molecule has 0 aliphatic carbocycles. The lowest BCUT2D eigenvalue weighted by Crippen LogP contribution is -2.10. The number of ether oxygens (including phenoxy) is 1. The third-order valence-electron chi connectivity index (χ3n) is 1.88. The molecule has 0 radical (unpaired) electrons. The van der Waals surface area contributed by atoms with Gasteiger partial charge >= 0.3 is 5.97 Å². The second-order valence-corrected chi connectivity index (χ2v) is 3.07. The van der Waals surface area contributed by atoms with Crippen LogP contribution >= 0.6 is 0 Å². The maximum absolute atomic E-state index is 11.4. The van der Waals surface area contributed by atoms with E-state index in [0.29, 0.717) is 18.0 Å². The van der Waals surface area contributed by atoms with Gasteiger partial charge in [-0.3, -0.25) is 0 Å². The van der Waals surface area contributed by atoms with Crippen molar-refractivity contribution in [3.63, 3.8) is 0 Å². The molecule has 0 aliphatic heterocycles. The fourth-order valence-corrected chi connectivity index (χ4v) is 0.993. The maximum atomic E-state index is 11.4. The van der Waals surface area contributed by atoms with Gasteiger partial charge in [-0.25, -0.2) is 15.6 Å². The summed E-state index contributed by atoms with van der Waals surface area (Å²) in [6.45, 7) is 2.49. The number of rotatable bonds is 5. The van der Waals surface area contributed by atoms with Gasteiger partial charge in [-0.2, -0.15) is 0 Å². The summed E-state index contributed by atoms with van der Waals surface area (Å²) in [7, 11) is 0. The Balaban J connectivity index is 2.50. The number of hydrogen-bond donors (Lipinski definition) is 2. The minimum Gasteiger partial charge on any atom is -0.462 e. The Bertz CT molecular complexity index is 311. The number of carbonyl (C=O) groups excluding carboxylic acids is 1. The molecule has 3 N–H and O–H groups in total. The van der Waals surface area contributed by atoms with Crippen molar-refractivity contribution in [3.8, 4) is 0 Å². The van der Waals surface area contributed by atoms with E-state index >= 15 is 0 Å². The summed E-state index contributed by atoms with van der Waals surface area (Å²) in [5.41, 5.74) is 2.82. The summed E-state index contributed by atoms with van der Waals surface area (Å²) >= 11 is 0. The maximum Gasteiger partial charge on any atom is 0.339 e. The van der Waals surface area contributed by atoms with Crippen LogP contribution in [0.25, 0.3) is 0 Å². The van der Waals surface area contributed by atoms with Crippen molar-refractivity contribution in [3.05, 3.63) is 23.9 Å². The second kappa shape index (κ2) is 5.98. The van der Waals surface area contributed by atoms with Crippen molar-refractivity contribution in [2.45, 2.75) is 19.8 Å². The van der Waals surface area contributed by atoms with Gasteiger partial charge in [-0.1, -0.05) is 13.3 Å². The molecule has 0 aliphatic rings. The third kappa shape index (κ3) is 3.55. The molecule has 82 valence electrons. The summed E-state index contributed by atoms with van der Waals surface area (Å²) in [5.74, 6) is 5.31. The first kappa shape index (κ1) is 11.5. The molecule has 1 rings (SSSR count). The number of hydrazine groups is 1. The average molecular weight is 209 g/mol.